The Kier molecular flexibility index (Phi) is 26.2. The largest absolute Gasteiger partial charge is 0.399 e. The maximum atomic E-state index is 8.36. The standard InChI is InChI=1S/C7H9N.C5H12.C4H10O.C4H10/c1-6-2-4-7(8)5-3-6;1-3-5-4-2;1-3-4(2)5;1-3-4-2/h2-5H,8H2,1H3;3-5H2,1-2H3;4-5H,3H2,1-2H3;3-4H2,1-2H3. The van der Waals surface area contributed by atoms with Crippen LogP contribution < -0.4 is 5.73 Å². The molecule has 0 amide bonds. The Hall–Kier alpha value is -1.02. The summed E-state index contributed by atoms with van der Waals surface area (Å²) >= 11 is 0. The predicted octanol–water partition coefficient (Wildman–Crippen LogP) is 6.36. The van der Waals surface area contributed by atoms with E-state index in [1.54, 1.807) is 6.92 Å². The van der Waals surface area contributed by atoms with Gasteiger partial charge in [0.25, 0.3) is 0 Å². The maximum absolute atomic E-state index is 8.36. The van der Waals surface area contributed by atoms with Crippen molar-refractivity contribution in [1.82, 2.24) is 0 Å². The van der Waals surface area contributed by atoms with Crippen molar-refractivity contribution >= 4 is 5.69 Å². The van der Waals surface area contributed by atoms with Gasteiger partial charge in [-0.05, 0) is 32.4 Å². The number of rotatable bonds is 4. The molecule has 2 nitrogen and oxygen atoms in total. The van der Waals surface area contributed by atoms with Crippen LogP contribution >= 0.6 is 0 Å². The molecule has 0 aliphatic rings. The molecular formula is C20H41NO. The summed E-state index contributed by atoms with van der Waals surface area (Å²) in [6, 6.07) is 7.79. The van der Waals surface area contributed by atoms with Gasteiger partial charge >= 0.3 is 0 Å². The van der Waals surface area contributed by atoms with Gasteiger partial charge in [-0.15, -0.1) is 0 Å². The van der Waals surface area contributed by atoms with Gasteiger partial charge in [0, 0.05) is 5.69 Å². The lowest BCUT2D eigenvalue weighted by Crippen LogP contribution is -1.93. The smallest absolute Gasteiger partial charge is 0.0509 e. The topological polar surface area (TPSA) is 46.2 Å². The Morgan fingerprint density at radius 2 is 1.23 bits per heavy atom. The van der Waals surface area contributed by atoms with E-state index < -0.39 is 0 Å². The molecule has 0 heterocycles. The number of hydrogen-bond acceptors (Lipinski definition) is 2. The fourth-order valence-corrected chi connectivity index (χ4v) is 0.920. The molecule has 1 aromatic carbocycles. The molecular weight excluding hydrogens is 270 g/mol. The van der Waals surface area contributed by atoms with Crippen LogP contribution in [0, 0.1) is 6.92 Å². The Balaban J connectivity index is -0.000000230. The van der Waals surface area contributed by atoms with Gasteiger partial charge in [0.15, 0.2) is 0 Å². The molecule has 0 aliphatic carbocycles. The highest BCUT2D eigenvalue weighted by Crippen LogP contribution is 2.02. The van der Waals surface area contributed by atoms with Crippen LogP contribution in [-0.2, 0) is 0 Å². The summed E-state index contributed by atoms with van der Waals surface area (Å²) in [5.74, 6) is 0. The quantitative estimate of drug-likeness (QED) is 0.636. The van der Waals surface area contributed by atoms with Crippen molar-refractivity contribution in [3.05, 3.63) is 29.8 Å². The SMILES string of the molecule is CCC(C)O.CCCC.CCCCC.Cc1ccc(N)cc1. The second kappa shape index (κ2) is 22.3. The summed E-state index contributed by atoms with van der Waals surface area (Å²) in [6.45, 7) is 14.6. The highest BCUT2D eigenvalue weighted by molar-refractivity contribution is 5.38. The van der Waals surface area contributed by atoms with E-state index in [4.69, 9.17) is 10.8 Å². The van der Waals surface area contributed by atoms with Crippen molar-refractivity contribution in [3.8, 4) is 0 Å². The first-order chi connectivity index (χ1) is 10.4. The number of aryl methyl sites for hydroxylation is 1. The summed E-state index contributed by atoms with van der Waals surface area (Å²) < 4.78 is 0. The minimum Gasteiger partial charge on any atom is -0.399 e. The molecule has 0 spiro atoms. The lowest BCUT2D eigenvalue weighted by atomic mass is 10.2. The monoisotopic (exact) mass is 311 g/mol. The molecule has 22 heavy (non-hydrogen) atoms. The molecule has 132 valence electrons. The van der Waals surface area contributed by atoms with E-state index in [2.05, 4.69) is 27.7 Å². The number of unbranched alkanes of at least 4 members (excludes halogenated alkanes) is 3. The fraction of sp³-hybridized carbons (Fsp3) is 0.700. The molecule has 1 unspecified atom stereocenters. The average molecular weight is 312 g/mol. The number of nitrogens with two attached hydrogens (primary N) is 1. The minimum absolute atomic E-state index is 0.116. The molecule has 2 heteroatoms. The Morgan fingerprint density at radius 1 is 0.864 bits per heavy atom. The normalized spacial score (nSPS) is 10.0. The second-order valence-electron chi connectivity index (χ2n) is 5.52. The summed E-state index contributed by atoms with van der Waals surface area (Å²) in [4.78, 5) is 0. The zero-order valence-corrected chi connectivity index (χ0v) is 16.2. The third kappa shape index (κ3) is 31.4. The van der Waals surface area contributed by atoms with Gasteiger partial charge in [-0.2, -0.15) is 0 Å². The molecule has 0 aliphatic heterocycles. The minimum atomic E-state index is -0.116. The van der Waals surface area contributed by atoms with E-state index in [9.17, 15) is 0 Å². The third-order valence-electron chi connectivity index (χ3n) is 2.88. The zero-order valence-electron chi connectivity index (χ0n) is 16.2. The summed E-state index contributed by atoms with van der Waals surface area (Å²) in [5.41, 5.74) is 7.51. The van der Waals surface area contributed by atoms with Gasteiger partial charge in [-0.1, -0.05) is 84.4 Å². The molecule has 3 N–H and O–H groups in total. The van der Waals surface area contributed by atoms with Gasteiger partial charge in [0.1, 0.15) is 0 Å². The van der Waals surface area contributed by atoms with E-state index in [1.807, 2.05) is 38.1 Å². The van der Waals surface area contributed by atoms with E-state index in [-0.39, 0.29) is 6.10 Å². The Bertz CT molecular complexity index is 255. The van der Waals surface area contributed by atoms with Crippen LogP contribution in [0.3, 0.4) is 0 Å². The fourth-order valence-electron chi connectivity index (χ4n) is 0.920. The third-order valence-corrected chi connectivity index (χ3v) is 2.88. The first kappa shape index (κ1) is 25.9. The Labute approximate surface area is 140 Å². The molecule has 0 bridgehead atoms. The van der Waals surface area contributed by atoms with E-state index in [0.29, 0.717) is 0 Å². The number of nitrogen functional groups attached to an aromatic ring is 1. The molecule has 0 fully saturated rings. The highest BCUT2D eigenvalue weighted by Gasteiger charge is 1.81. The number of benzene rings is 1. The summed E-state index contributed by atoms with van der Waals surface area (Å²) in [6.07, 6.45) is 7.46. The van der Waals surface area contributed by atoms with Crippen LogP contribution in [0.15, 0.2) is 24.3 Å². The number of anilines is 1. The first-order valence-corrected chi connectivity index (χ1v) is 8.89. The van der Waals surface area contributed by atoms with Crippen molar-refractivity contribution in [2.75, 3.05) is 5.73 Å². The maximum Gasteiger partial charge on any atom is 0.0509 e. The van der Waals surface area contributed by atoms with Gasteiger partial charge in [-0.25, -0.2) is 0 Å². The van der Waals surface area contributed by atoms with Crippen molar-refractivity contribution in [2.45, 2.75) is 93.1 Å². The summed E-state index contributed by atoms with van der Waals surface area (Å²) in [7, 11) is 0. The number of hydrogen-bond donors (Lipinski definition) is 2. The van der Waals surface area contributed by atoms with E-state index in [0.717, 1.165) is 12.1 Å². The molecule has 0 saturated heterocycles. The van der Waals surface area contributed by atoms with Crippen LogP contribution in [0.1, 0.15) is 85.6 Å². The second-order valence-corrected chi connectivity index (χ2v) is 5.52. The predicted molar refractivity (Wildman–Crippen MR) is 103 cm³/mol. The van der Waals surface area contributed by atoms with Crippen LogP contribution in [-0.4, -0.2) is 11.2 Å². The molecule has 0 radical (unpaired) electrons. The van der Waals surface area contributed by atoms with Crippen molar-refractivity contribution in [3.63, 3.8) is 0 Å². The van der Waals surface area contributed by atoms with Gasteiger partial charge < -0.3 is 10.8 Å². The molecule has 0 saturated carbocycles. The number of aliphatic hydroxyl groups excluding tert-OH is 1. The van der Waals surface area contributed by atoms with E-state index in [1.165, 1.54) is 37.7 Å². The van der Waals surface area contributed by atoms with Crippen LogP contribution in [0.2, 0.25) is 0 Å². The van der Waals surface area contributed by atoms with Crippen molar-refractivity contribution < 1.29 is 5.11 Å². The molecule has 1 atom stereocenters. The molecule has 0 aromatic heterocycles. The van der Waals surface area contributed by atoms with Crippen LogP contribution in [0.4, 0.5) is 5.69 Å². The van der Waals surface area contributed by atoms with Crippen LogP contribution in [0.25, 0.3) is 0 Å². The lowest BCUT2D eigenvalue weighted by Gasteiger charge is -1.90. The number of aliphatic hydroxyl groups is 1. The molecule has 1 rings (SSSR count). The van der Waals surface area contributed by atoms with Crippen molar-refractivity contribution in [2.24, 2.45) is 0 Å². The summed E-state index contributed by atoms with van der Waals surface area (Å²) in [5, 5.41) is 8.36. The lowest BCUT2D eigenvalue weighted by molar-refractivity contribution is 0.191. The van der Waals surface area contributed by atoms with Gasteiger partial charge in [-0.3, -0.25) is 0 Å². The van der Waals surface area contributed by atoms with Gasteiger partial charge in [0.05, 0.1) is 6.10 Å². The van der Waals surface area contributed by atoms with Crippen LogP contribution in [0.5, 0.6) is 0 Å². The Morgan fingerprint density at radius 3 is 1.36 bits per heavy atom. The molecule has 1 aromatic rings. The van der Waals surface area contributed by atoms with Crippen molar-refractivity contribution in [1.29, 1.82) is 0 Å². The first-order valence-electron chi connectivity index (χ1n) is 8.89. The average Bonchev–Trinajstić information content (AvgIpc) is 2.52. The van der Waals surface area contributed by atoms with E-state index >= 15 is 0 Å². The highest BCUT2D eigenvalue weighted by atomic mass is 16.3. The van der Waals surface area contributed by atoms with Gasteiger partial charge in [0.2, 0.25) is 0 Å². The zero-order chi connectivity index (χ0) is 17.8.